The number of nitrogens with one attached hydrogen (secondary N) is 1. The standard InChI is InChI=1S/C17H19F2N5O4S/c1-28-12-3-7-22-15(24-8-4-17(18,19)5-9-24)14(12)16(25)23-11-2-6-21-13(10-11)29(20,26)27/h2-3,6-7,10H,4-5,8-9H2,1H3,(H2,20,26,27)(H,21,23,25). The summed E-state index contributed by atoms with van der Waals surface area (Å²) < 4.78 is 55.2. The Labute approximate surface area is 165 Å². The summed E-state index contributed by atoms with van der Waals surface area (Å²) >= 11 is 0. The molecule has 1 saturated heterocycles. The fourth-order valence-corrected chi connectivity index (χ4v) is 3.44. The molecule has 0 radical (unpaired) electrons. The third-order valence-electron chi connectivity index (χ3n) is 4.42. The average Bonchev–Trinajstić information content (AvgIpc) is 2.67. The zero-order valence-corrected chi connectivity index (χ0v) is 16.2. The van der Waals surface area contributed by atoms with Crippen molar-refractivity contribution in [3.8, 4) is 5.75 Å². The van der Waals surface area contributed by atoms with Crippen LogP contribution in [0.3, 0.4) is 0 Å². The van der Waals surface area contributed by atoms with Crippen LogP contribution in [0.15, 0.2) is 35.6 Å². The number of rotatable bonds is 5. The van der Waals surface area contributed by atoms with Crippen molar-refractivity contribution in [3.05, 3.63) is 36.2 Å². The number of methoxy groups -OCH3 is 1. The quantitative estimate of drug-likeness (QED) is 0.742. The van der Waals surface area contributed by atoms with Crippen LogP contribution < -0.4 is 20.1 Å². The predicted molar refractivity (Wildman–Crippen MR) is 101 cm³/mol. The number of nitrogens with two attached hydrogens (primary N) is 1. The number of hydrogen-bond donors (Lipinski definition) is 2. The van der Waals surface area contributed by atoms with Gasteiger partial charge in [-0.15, -0.1) is 0 Å². The first-order valence-corrected chi connectivity index (χ1v) is 10.1. The summed E-state index contributed by atoms with van der Waals surface area (Å²) in [5, 5.41) is 7.19. The Balaban J connectivity index is 1.92. The van der Waals surface area contributed by atoms with Gasteiger partial charge in [0.2, 0.25) is 0 Å². The van der Waals surface area contributed by atoms with Gasteiger partial charge in [0, 0.05) is 50.1 Å². The Morgan fingerprint density at radius 2 is 1.90 bits per heavy atom. The Kier molecular flexibility index (Phi) is 5.66. The van der Waals surface area contributed by atoms with Gasteiger partial charge in [0.15, 0.2) is 5.03 Å². The summed E-state index contributed by atoms with van der Waals surface area (Å²) in [6, 6.07) is 3.97. The van der Waals surface area contributed by atoms with Crippen LogP contribution in [0.2, 0.25) is 0 Å². The molecule has 0 bridgehead atoms. The molecule has 0 aromatic carbocycles. The largest absolute Gasteiger partial charge is 0.496 e. The van der Waals surface area contributed by atoms with Crippen molar-refractivity contribution in [2.75, 3.05) is 30.4 Å². The molecular weight excluding hydrogens is 408 g/mol. The van der Waals surface area contributed by atoms with E-state index < -0.39 is 26.9 Å². The van der Waals surface area contributed by atoms with E-state index in [4.69, 9.17) is 9.88 Å². The van der Waals surface area contributed by atoms with Crippen molar-refractivity contribution in [1.29, 1.82) is 0 Å². The van der Waals surface area contributed by atoms with E-state index in [2.05, 4.69) is 15.3 Å². The molecule has 1 aliphatic heterocycles. The normalized spacial score (nSPS) is 16.3. The van der Waals surface area contributed by atoms with Crippen LogP contribution in [0.4, 0.5) is 20.3 Å². The molecule has 0 saturated carbocycles. The predicted octanol–water partition coefficient (Wildman–Crippen LogP) is 1.62. The van der Waals surface area contributed by atoms with Crippen molar-refractivity contribution in [1.82, 2.24) is 9.97 Å². The summed E-state index contributed by atoms with van der Waals surface area (Å²) in [5.41, 5.74) is 0.185. The van der Waals surface area contributed by atoms with Gasteiger partial charge >= 0.3 is 0 Å². The molecule has 1 aliphatic rings. The number of piperidine rings is 1. The Morgan fingerprint density at radius 1 is 1.24 bits per heavy atom. The van der Waals surface area contributed by atoms with Crippen LogP contribution in [-0.4, -0.2) is 50.4 Å². The molecule has 0 spiro atoms. The second kappa shape index (κ2) is 7.87. The third kappa shape index (κ3) is 4.77. The Bertz CT molecular complexity index is 1020. The van der Waals surface area contributed by atoms with Crippen molar-refractivity contribution in [3.63, 3.8) is 0 Å². The van der Waals surface area contributed by atoms with Gasteiger partial charge in [-0.3, -0.25) is 4.79 Å². The minimum absolute atomic E-state index is 0.0261. The number of primary sulfonamides is 1. The Morgan fingerprint density at radius 3 is 2.52 bits per heavy atom. The number of pyridine rings is 2. The molecule has 0 unspecified atom stereocenters. The number of amides is 1. The van der Waals surface area contributed by atoms with Crippen molar-refractivity contribution in [2.45, 2.75) is 23.8 Å². The molecular formula is C17H19F2N5O4S. The number of aromatic nitrogens is 2. The molecule has 29 heavy (non-hydrogen) atoms. The maximum Gasteiger partial charge on any atom is 0.263 e. The zero-order chi connectivity index (χ0) is 21.2. The van der Waals surface area contributed by atoms with Crippen LogP contribution in [0.25, 0.3) is 0 Å². The summed E-state index contributed by atoms with van der Waals surface area (Å²) in [5.74, 6) is -2.99. The second-order valence-corrected chi connectivity index (χ2v) is 7.95. The summed E-state index contributed by atoms with van der Waals surface area (Å²) in [6.07, 6.45) is 1.90. The maximum atomic E-state index is 13.5. The average molecular weight is 427 g/mol. The lowest BCUT2D eigenvalue weighted by molar-refractivity contribution is -0.0221. The third-order valence-corrected chi connectivity index (χ3v) is 5.22. The van der Waals surface area contributed by atoms with Gasteiger partial charge in [0.05, 0.1) is 7.11 Å². The van der Waals surface area contributed by atoms with Crippen molar-refractivity contribution >= 4 is 27.4 Å². The van der Waals surface area contributed by atoms with Gasteiger partial charge in [0.25, 0.3) is 21.9 Å². The van der Waals surface area contributed by atoms with Gasteiger partial charge in [-0.1, -0.05) is 0 Å². The first-order chi connectivity index (χ1) is 13.6. The fraction of sp³-hybridized carbons (Fsp3) is 0.353. The van der Waals surface area contributed by atoms with E-state index in [1.54, 1.807) is 4.90 Å². The molecule has 12 heteroatoms. The second-order valence-electron chi connectivity index (χ2n) is 6.44. The monoisotopic (exact) mass is 427 g/mol. The molecule has 0 atom stereocenters. The summed E-state index contributed by atoms with van der Waals surface area (Å²) in [7, 11) is -2.69. The van der Waals surface area contributed by atoms with Gasteiger partial charge in [-0.2, -0.15) is 0 Å². The van der Waals surface area contributed by atoms with Gasteiger partial charge in [0.1, 0.15) is 17.1 Å². The van der Waals surface area contributed by atoms with Gasteiger partial charge in [-0.25, -0.2) is 32.3 Å². The van der Waals surface area contributed by atoms with E-state index in [1.807, 2.05) is 0 Å². The fourth-order valence-electron chi connectivity index (χ4n) is 2.94. The van der Waals surface area contributed by atoms with Crippen molar-refractivity contribution in [2.24, 2.45) is 5.14 Å². The number of sulfonamides is 1. The number of carbonyl (C=O) groups is 1. The van der Waals surface area contributed by atoms with E-state index in [1.165, 1.54) is 31.6 Å². The molecule has 2 aromatic heterocycles. The lowest BCUT2D eigenvalue weighted by Crippen LogP contribution is -2.40. The molecule has 3 N–H and O–H groups in total. The SMILES string of the molecule is COc1ccnc(N2CCC(F)(F)CC2)c1C(=O)Nc1ccnc(S(N)(=O)=O)c1. The highest BCUT2D eigenvalue weighted by atomic mass is 32.2. The highest BCUT2D eigenvalue weighted by Gasteiger charge is 2.36. The molecule has 0 aliphatic carbocycles. The number of hydrogen-bond acceptors (Lipinski definition) is 7. The number of carbonyl (C=O) groups excluding carboxylic acids is 1. The van der Waals surface area contributed by atoms with E-state index in [-0.39, 0.29) is 48.7 Å². The number of halogens is 2. The number of anilines is 2. The summed E-state index contributed by atoms with van der Waals surface area (Å²) in [6.45, 7) is 0.0521. The molecule has 1 fully saturated rings. The number of ether oxygens (including phenoxy) is 1. The van der Waals surface area contributed by atoms with Crippen LogP contribution in [0.5, 0.6) is 5.75 Å². The minimum Gasteiger partial charge on any atom is -0.496 e. The van der Waals surface area contributed by atoms with E-state index in [0.29, 0.717) is 0 Å². The van der Waals surface area contributed by atoms with E-state index in [0.717, 1.165) is 6.07 Å². The smallest absolute Gasteiger partial charge is 0.263 e. The zero-order valence-electron chi connectivity index (χ0n) is 15.4. The first kappa shape index (κ1) is 20.9. The topological polar surface area (TPSA) is 128 Å². The highest BCUT2D eigenvalue weighted by molar-refractivity contribution is 7.89. The molecule has 9 nitrogen and oxygen atoms in total. The first-order valence-electron chi connectivity index (χ1n) is 8.57. The molecule has 3 rings (SSSR count). The van der Waals surface area contributed by atoms with Crippen LogP contribution in [0, 0.1) is 0 Å². The lowest BCUT2D eigenvalue weighted by atomic mass is 10.1. The molecule has 2 aromatic rings. The van der Waals surface area contributed by atoms with E-state index >= 15 is 0 Å². The number of alkyl halides is 2. The van der Waals surface area contributed by atoms with Crippen LogP contribution in [0.1, 0.15) is 23.2 Å². The van der Waals surface area contributed by atoms with E-state index in [9.17, 15) is 22.0 Å². The minimum atomic E-state index is -4.05. The van der Waals surface area contributed by atoms with Gasteiger partial charge < -0.3 is 15.0 Å². The van der Waals surface area contributed by atoms with Crippen LogP contribution in [-0.2, 0) is 10.0 Å². The van der Waals surface area contributed by atoms with Gasteiger partial charge in [-0.05, 0) is 12.1 Å². The molecule has 1 amide bonds. The van der Waals surface area contributed by atoms with Crippen molar-refractivity contribution < 1.29 is 26.7 Å². The molecule has 3 heterocycles. The molecule has 156 valence electrons. The summed E-state index contributed by atoms with van der Waals surface area (Å²) in [4.78, 5) is 22.4. The maximum absolute atomic E-state index is 13.5. The number of nitrogens with zero attached hydrogens (tertiary/aromatic N) is 3. The highest BCUT2D eigenvalue weighted by Crippen LogP contribution is 2.34. The lowest BCUT2D eigenvalue weighted by Gasteiger charge is -2.33. The van der Waals surface area contributed by atoms with Crippen LogP contribution >= 0.6 is 0 Å². The Hall–Kier alpha value is -2.86.